The number of nitrogens with zero attached hydrogens (tertiary/aromatic N) is 3. The number of hydrogen-bond acceptors (Lipinski definition) is 6. The molecule has 7 nitrogen and oxygen atoms in total. The van der Waals surface area contributed by atoms with Gasteiger partial charge in [0, 0.05) is 11.4 Å². The van der Waals surface area contributed by atoms with E-state index in [-0.39, 0.29) is 11.7 Å². The summed E-state index contributed by atoms with van der Waals surface area (Å²) in [5, 5.41) is 11.6. The Bertz CT molecular complexity index is 1280. The van der Waals surface area contributed by atoms with E-state index in [0.717, 1.165) is 5.69 Å². The van der Waals surface area contributed by atoms with Gasteiger partial charge in [0.15, 0.2) is 28.7 Å². The van der Waals surface area contributed by atoms with Gasteiger partial charge >= 0.3 is 0 Å². The van der Waals surface area contributed by atoms with Gasteiger partial charge in [0.2, 0.25) is 5.91 Å². The highest BCUT2D eigenvalue weighted by molar-refractivity contribution is 8.00. The first-order valence-corrected chi connectivity index (χ1v) is 11.9. The van der Waals surface area contributed by atoms with Gasteiger partial charge in [0.1, 0.15) is 5.75 Å². The molecule has 2 unspecified atom stereocenters. The third-order valence-corrected chi connectivity index (χ3v) is 6.23. The predicted octanol–water partition coefficient (Wildman–Crippen LogP) is 5.67. The molecule has 0 saturated carbocycles. The van der Waals surface area contributed by atoms with Crippen molar-refractivity contribution in [2.45, 2.75) is 30.4 Å². The number of thioether (sulfide) groups is 1. The Balaban J connectivity index is 1.56. The zero-order chi connectivity index (χ0) is 24.8. The van der Waals surface area contributed by atoms with Crippen LogP contribution < -0.4 is 14.8 Å². The second-order valence-corrected chi connectivity index (χ2v) is 8.99. The summed E-state index contributed by atoms with van der Waals surface area (Å²) >= 11 is 1.27. The average molecular weight is 493 g/mol. The van der Waals surface area contributed by atoms with E-state index in [9.17, 15) is 9.18 Å². The molecule has 1 heterocycles. The summed E-state index contributed by atoms with van der Waals surface area (Å²) in [4.78, 5) is 12.9. The van der Waals surface area contributed by atoms with E-state index in [1.807, 2.05) is 34.9 Å². The average Bonchev–Trinajstić information content (AvgIpc) is 3.30. The van der Waals surface area contributed by atoms with Crippen LogP contribution in [0.4, 0.5) is 10.1 Å². The highest BCUT2D eigenvalue weighted by atomic mass is 32.2. The first kappa shape index (κ1) is 24.3. The topological polar surface area (TPSA) is 78.3 Å². The Kier molecular flexibility index (Phi) is 7.67. The standard InChI is InChI=1S/C26H25FN4O3S/c1-17(34-23-12-8-7-11-22(23)27)24-29-30-26(31(24)20-9-5-4-6-10-20)35-18(2)25(32)28-19-13-15-21(33-3)16-14-19/h4-18H,1-3H3,(H,28,32). The van der Waals surface area contributed by atoms with Gasteiger partial charge in [0.25, 0.3) is 0 Å². The van der Waals surface area contributed by atoms with Gasteiger partial charge in [-0.05, 0) is 62.4 Å². The highest BCUT2D eigenvalue weighted by Gasteiger charge is 2.25. The molecule has 0 radical (unpaired) electrons. The number of hydrogen-bond donors (Lipinski definition) is 1. The lowest BCUT2D eigenvalue weighted by atomic mass is 10.3. The molecule has 3 aromatic carbocycles. The van der Waals surface area contributed by atoms with Crippen LogP contribution in [0.1, 0.15) is 25.8 Å². The number of aromatic nitrogens is 3. The van der Waals surface area contributed by atoms with Crippen LogP contribution in [0, 0.1) is 5.82 Å². The maximum atomic E-state index is 14.2. The predicted molar refractivity (Wildman–Crippen MR) is 134 cm³/mol. The van der Waals surface area contributed by atoms with Crippen molar-refractivity contribution in [1.29, 1.82) is 0 Å². The summed E-state index contributed by atoms with van der Waals surface area (Å²) in [6.45, 7) is 3.58. The fourth-order valence-corrected chi connectivity index (χ4v) is 4.23. The van der Waals surface area contributed by atoms with Crippen molar-refractivity contribution >= 4 is 23.4 Å². The van der Waals surface area contributed by atoms with Gasteiger partial charge in [-0.15, -0.1) is 10.2 Å². The minimum atomic E-state index is -0.600. The minimum Gasteiger partial charge on any atom is -0.497 e. The van der Waals surface area contributed by atoms with Gasteiger partial charge in [-0.1, -0.05) is 42.1 Å². The summed E-state index contributed by atoms with van der Waals surface area (Å²) in [6.07, 6.45) is -0.600. The zero-order valence-electron chi connectivity index (χ0n) is 19.5. The molecular formula is C26H25FN4O3S. The molecule has 0 spiro atoms. The molecule has 1 amide bonds. The fraction of sp³-hybridized carbons (Fsp3) is 0.192. The molecule has 4 aromatic rings. The molecule has 0 bridgehead atoms. The van der Waals surface area contributed by atoms with Crippen LogP contribution in [0.15, 0.2) is 84.0 Å². The third-order valence-electron chi connectivity index (χ3n) is 5.19. The molecular weight excluding hydrogens is 467 g/mol. The van der Waals surface area contributed by atoms with E-state index in [1.165, 1.54) is 17.8 Å². The van der Waals surface area contributed by atoms with E-state index in [0.29, 0.717) is 22.4 Å². The zero-order valence-corrected chi connectivity index (χ0v) is 20.3. The van der Waals surface area contributed by atoms with Crippen molar-refractivity contribution in [3.8, 4) is 17.2 Å². The molecule has 0 saturated heterocycles. The maximum Gasteiger partial charge on any atom is 0.237 e. The molecule has 180 valence electrons. The number of carbonyl (C=O) groups is 1. The Morgan fingerprint density at radius 1 is 0.971 bits per heavy atom. The van der Waals surface area contributed by atoms with Gasteiger partial charge in [-0.3, -0.25) is 9.36 Å². The maximum absolute atomic E-state index is 14.2. The minimum absolute atomic E-state index is 0.129. The number of methoxy groups -OCH3 is 1. The summed E-state index contributed by atoms with van der Waals surface area (Å²) in [7, 11) is 1.59. The molecule has 0 aliphatic carbocycles. The third kappa shape index (κ3) is 5.81. The van der Waals surface area contributed by atoms with Crippen molar-refractivity contribution in [1.82, 2.24) is 14.8 Å². The lowest BCUT2D eigenvalue weighted by Gasteiger charge is -2.18. The second kappa shape index (κ2) is 11.1. The Hall–Kier alpha value is -3.85. The van der Waals surface area contributed by atoms with Crippen molar-refractivity contribution in [3.63, 3.8) is 0 Å². The van der Waals surface area contributed by atoms with E-state index in [4.69, 9.17) is 9.47 Å². The van der Waals surface area contributed by atoms with Crippen molar-refractivity contribution in [2.24, 2.45) is 0 Å². The van der Waals surface area contributed by atoms with Crippen LogP contribution in [0.25, 0.3) is 5.69 Å². The lowest BCUT2D eigenvalue weighted by Crippen LogP contribution is -2.23. The number of para-hydroxylation sites is 2. The van der Waals surface area contributed by atoms with Gasteiger partial charge in [-0.2, -0.15) is 0 Å². The fourth-order valence-electron chi connectivity index (χ4n) is 3.35. The van der Waals surface area contributed by atoms with E-state index in [1.54, 1.807) is 63.4 Å². The van der Waals surface area contributed by atoms with Crippen LogP contribution in [0.3, 0.4) is 0 Å². The van der Waals surface area contributed by atoms with Crippen molar-refractivity contribution < 1.29 is 18.7 Å². The number of nitrogens with one attached hydrogen (secondary N) is 1. The number of ether oxygens (including phenoxy) is 2. The Morgan fingerprint density at radius 2 is 1.66 bits per heavy atom. The van der Waals surface area contributed by atoms with Gasteiger partial charge in [0.05, 0.1) is 12.4 Å². The monoisotopic (exact) mass is 492 g/mol. The van der Waals surface area contributed by atoms with Crippen molar-refractivity contribution in [3.05, 3.63) is 90.5 Å². The van der Waals surface area contributed by atoms with E-state index in [2.05, 4.69) is 15.5 Å². The summed E-state index contributed by atoms with van der Waals surface area (Å²) in [6, 6.07) is 22.9. The molecule has 1 N–H and O–H groups in total. The van der Waals surface area contributed by atoms with Crippen LogP contribution in [0.5, 0.6) is 11.5 Å². The molecule has 0 aliphatic heterocycles. The summed E-state index contributed by atoms with van der Waals surface area (Å²) < 4.78 is 27.0. The molecule has 1 aromatic heterocycles. The molecule has 9 heteroatoms. The largest absolute Gasteiger partial charge is 0.497 e. The first-order valence-electron chi connectivity index (χ1n) is 11.0. The van der Waals surface area contributed by atoms with E-state index >= 15 is 0 Å². The number of benzene rings is 3. The molecule has 4 rings (SSSR count). The summed E-state index contributed by atoms with van der Waals surface area (Å²) in [5.41, 5.74) is 1.47. The Morgan fingerprint density at radius 3 is 2.34 bits per heavy atom. The molecule has 0 aliphatic rings. The van der Waals surface area contributed by atoms with Gasteiger partial charge in [-0.25, -0.2) is 4.39 Å². The molecule has 2 atom stereocenters. The number of rotatable bonds is 9. The number of anilines is 1. The summed E-state index contributed by atoms with van der Waals surface area (Å²) in [5.74, 6) is 0.693. The Labute approximate surface area is 207 Å². The van der Waals surface area contributed by atoms with Crippen molar-refractivity contribution in [2.75, 3.05) is 12.4 Å². The smallest absolute Gasteiger partial charge is 0.237 e. The van der Waals surface area contributed by atoms with Crippen LogP contribution in [0.2, 0.25) is 0 Å². The normalized spacial score (nSPS) is 12.6. The first-order chi connectivity index (χ1) is 17.0. The number of carbonyl (C=O) groups excluding carboxylic acids is 1. The SMILES string of the molecule is COc1ccc(NC(=O)C(C)Sc2nnc(C(C)Oc3ccccc3F)n2-c2ccccc2)cc1. The number of halogens is 1. The second-order valence-electron chi connectivity index (χ2n) is 7.68. The van der Waals surface area contributed by atoms with E-state index < -0.39 is 17.2 Å². The lowest BCUT2D eigenvalue weighted by molar-refractivity contribution is -0.115. The quantitative estimate of drug-likeness (QED) is 0.303. The number of amides is 1. The molecule has 0 fully saturated rings. The van der Waals surface area contributed by atoms with Crippen LogP contribution in [-0.4, -0.2) is 33.0 Å². The highest BCUT2D eigenvalue weighted by Crippen LogP contribution is 2.31. The van der Waals surface area contributed by atoms with Gasteiger partial charge < -0.3 is 14.8 Å². The molecule has 35 heavy (non-hydrogen) atoms. The van der Waals surface area contributed by atoms with Crippen LogP contribution in [-0.2, 0) is 4.79 Å². The van der Waals surface area contributed by atoms with Crippen LogP contribution >= 0.6 is 11.8 Å².